The van der Waals surface area contributed by atoms with Crippen LogP contribution in [0.2, 0.25) is 0 Å². The smallest absolute Gasteiger partial charge is 0.0368 e. The van der Waals surface area contributed by atoms with Crippen molar-refractivity contribution in [2.45, 2.75) is 32.4 Å². The summed E-state index contributed by atoms with van der Waals surface area (Å²) >= 11 is 0. The molecule has 0 aromatic heterocycles. The molecule has 1 saturated heterocycles. The Balaban J connectivity index is 2.06. The molecule has 106 valence electrons. The van der Waals surface area contributed by atoms with Crippen molar-refractivity contribution in [3.63, 3.8) is 0 Å². The van der Waals surface area contributed by atoms with Gasteiger partial charge in [0.25, 0.3) is 0 Å². The van der Waals surface area contributed by atoms with Crippen molar-refractivity contribution in [1.82, 2.24) is 10.2 Å². The molecule has 3 nitrogen and oxygen atoms in total. The topological polar surface area (TPSA) is 18.5 Å². The molecule has 3 heteroatoms. The van der Waals surface area contributed by atoms with Gasteiger partial charge in [0.2, 0.25) is 0 Å². The third kappa shape index (κ3) is 3.48. The van der Waals surface area contributed by atoms with Crippen LogP contribution in [0.3, 0.4) is 0 Å². The zero-order valence-corrected chi connectivity index (χ0v) is 12.7. The molecule has 0 saturated carbocycles. The second kappa shape index (κ2) is 6.40. The van der Waals surface area contributed by atoms with Gasteiger partial charge in [-0.05, 0) is 70.2 Å². The number of benzene rings is 1. The monoisotopic (exact) mass is 261 g/mol. The number of rotatable bonds is 4. The van der Waals surface area contributed by atoms with Gasteiger partial charge in [0.1, 0.15) is 0 Å². The molecule has 0 bridgehead atoms. The van der Waals surface area contributed by atoms with Crippen molar-refractivity contribution in [2.24, 2.45) is 0 Å². The van der Waals surface area contributed by atoms with E-state index in [2.05, 4.69) is 54.3 Å². The highest BCUT2D eigenvalue weighted by atomic mass is 15.2. The lowest BCUT2D eigenvalue weighted by Gasteiger charge is -2.36. The molecular weight excluding hydrogens is 234 g/mol. The molecular formula is C16H27N3. The lowest BCUT2D eigenvalue weighted by molar-refractivity contribution is 0.253. The second-order valence-corrected chi connectivity index (χ2v) is 5.79. The largest absolute Gasteiger partial charge is 0.372 e. The van der Waals surface area contributed by atoms with Gasteiger partial charge >= 0.3 is 0 Å². The summed E-state index contributed by atoms with van der Waals surface area (Å²) in [5.74, 6) is 0. The maximum Gasteiger partial charge on any atom is 0.0368 e. The van der Waals surface area contributed by atoms with Crippen LogP contribution in [0.15, 0.2) is 18.2 Å². The SMILES string of the molecule is CNCc1ccc(N(C)C2CCN(C)CC2)cc1C. The summed E-state index contributed by atoms with van der Waals surface area (Å²) < 4.78 is 0. The highest BCUT2D eigenvalue weighted by Gasteiger charge is 2.20. The zero-order chi connectivity index (χ0) is 13.8. The summed E-state index contributed by atoms with van der Waals surface area (Å²) in [4.78, 5) is 4.88. The number of anilines is 1. The van der Waals surface area contributed by atoms with Crippen molar-refractivity contribution in [1.29, 1.82) is 0 Å². The van der Waals surface area contributed by atoms with E-state index < -0.39 is 0 Å². The number of aryl methyl sites for hydroxylation is 1. The zero-order valence-electron chi connectivity index (χ0n) is 12.7. The summed E-state index contributed by atoms with van der Waals surface area (Å²) in [5.41, 5.74) is 4.13. The van der Waals surface area contributed by atoms with Crippen LogP contribution in [0.25, 0.3) is 0 Å². The molecule has 1 aromatic carbocycles. The molecule has 1 aliphatic heterocycles. The van der Waals surface area contributed by atoms with Gasteiger partial charge in [0.15, 0.2) is 0 Å². The predicted molar refractivity (Wildman–Crippen MR) is 82.9 cm³/mol. The average Bonchev–Trinajstić information content (AvgIpc) is 2.41. The molecule has 0 aliphatic carbocycles. The fourth-order valence-corrected chi connectivity index (χ4v) is 2.88. The van der Waals surface area contributed by atoms with Crippen LogP contribution < -0.4 is 10.2 Å². The third-order valence-electron chi connectivity index (χ3n) is 4.34. The lowest BCUT2D eigenvalue weighted by atomic mass is 10.0. The maximum atomic E-state index is 3.22. The summed E-state index contributed by atoms with van der Waals surface area (Å²) in [7, 11) is 6.45. The summed E-state index contributed by atoms with van der Waals surface area (Å²) in [6, 6.07) is 7.53. The van der Waals surface area contributed by atoms with Crippen molar-refractivity contribution in [2.75, 3.05) is 39.1 Å². The Labute approximate surface area is 117 Å². The number of nitrogens with one attached hydrogen (secondary N) is 1. The molecule has 0 unspecified atom stereocenters. The molecule has 0 radical (unpaired) electrons. The third-order valence-corrected chi connectivity index (χ3v) is 4.34. The van der Waals surface area contributed by atoms with E-state index in [0.29, 0.717) is 6.04 Å². The fraction of sp³-hybridized carbons (Fsp3) is 0.625. The molecule has 0 spiro atoms. The number of likely N-dealkylation sites (tertiary alicyclic amines) is 1. The van der Waals surface area contributed by atoms with E-state index in [4.69, 9.17) is 0 Å². The molecule has 0 amide bonds. The molecule has 1 aromatic rings. The van der Waals surface area contributed by atoms with E-state index in [1.54, 1.807) is 0 Å². The van der Waals surface area contributed by atoms with Gasteiger partial charge < -0.3 is 15.1 Å². The number of piperidine rings is 1. The van der Waals surface area contributed by atoms with Crippen LogP contribution in [0.5, 0.6) is 0 Å². The van der Waals surface area contributed by atoms with Crippen LogP contribution in [-0.4, -0.2) is 45.2 Å². The summed E-state index contributed by atoms with van der Waals surface area (Å²) in [6.45, 7) is 5.58. The first kappa shape index (κ1) is 14.4. The van der Waals surface area contributed by atoms with Gasteiger partial charge in [-0.2, -0.15) is 0 Å². The Morgan fingerprint density at radius 2 is 2.00 bits per heavy atom. The first-order valence-corrected chi connectivity index (χ1v) is 7.27. The van der Waals surface area contributed by atoms with Crippen LogP contribution in [0.4, 0.5) is 5.69 Å². The fourth-order valence-electron chi connectivity index (χ4n) is 2.88. The highest BCUT2D eigenvalue weighted by Crippen LogP contribution is 2.24. The average molecular weight is 261 g/mol. The summed E-state index contributed by atoms with van der Waals surface area (Å²) in [5, 5.41) is 3.22. The van der Waals surface area contributed by atoms with Crippen LogP contribution in [-0.2, 0) is 6.54 Å². The van der Waals surface area contributed by atoms with Gasteiger partial charge in [-0.15, -0.1) is 0 Å². The van der Waals surface area contributed by atoms with Crippen molar-refractivity contribution in [3.8, 4) is 0 Å². The molecule has 1 N–H and O–H groups in total. The van der Waals surface area contributed by atoms with Gasteiger partial charge in [0, 0.05) is 25.3 Å². The predicted octanol–water partition coefficient (Wildman–Crippen LogP) is 2.24. The molecule has 2 rings (SSSR count). The Hall–Kier alpha value is -1.06. The van der Waals surface area contributed by atoms with Crippen LogP contribution in [0, 0.1) is 6.92 Å². The van der Waals surface area contributed by atoms with Gasteiger partial charge in [0.05, 0.1) is 0 Å². The quantitative estimate of drug-likeness (QED) is 0.897. The van der Waals surface area contributed by atoms with Crippen molar-refractivity contribution >= 4 is 5.69 Å². The minimum atomic E-state index is 0.686. The van der Waals surface area contributed by atoms with Crippen molar-refractivity contribution in [3.05, 3.63) is 29.3 Å². The lowest BCUT2D eigenvalue weighted by Crippen LogP contribution is -2.42. The number of nitrogens with zero attached hydrogens (tertiary/aromatic N) is 2. The number of hydrogen-bond acceptors (Lipinski definition) is 3. The Bertz CT molecular complexity index is 408. The van der Waals surface area contributed by atoms with Crippen molar-refractivity contribution < 1.29 is 0 Å². The molecule has 0 atom stereocenters. The van der Waals surface area contributed by atoms with E-state index in [-0.39, 0.29) is 0 Å². The van der Waals surface area contributed by atoms with E-state index >= 15 is 0 Å². The van der Waals surface area contributed by atoms with E-state index in [0.717, 1.165) is 6.54 Å². The minimum Gasteiger partial charge on any atom is -0.372 e. The minimum absolute atomic E-state index is 0.686. The molecule has 1 heterocycles. The Morgan fingerprint density at radius 1 is 1.32 bits per heavy atom. The number of hydrogen-bond donors (Lipinski definition) is 1. The van der Waals surface area contributed by atoms with Gasteiger partial charge in [-0.25, -0.2) is 0 Å². The Morgan fingerprint density at radius 3 is 2.58 bits per heavy atom. The first-order chi connectivity index (χ1) is 9.11. The standard InChI is InChI=1S/C16H27N3/c1-13-11-16(6-5-14(13)12-17-2)19(4)15-7-9-18(3)10-8-15/h5-6,11,15,17H,7-10,12H2,1-4H3. The van der Waals surface area contributed by atoms with E-state index in [1.165, 1.54) is 42.7 Å². The molecule has 1 fully saturated rings. The Kier molecular flexibility index (Phi) is 4.83. The van der Waals surface area contributed by atoms with Gasteiger partial charge in [-0.1, -0.05) is 6.07 Å². The van der Waals surface area contributed by atoms with E-state index in [1.807, 2.05) is 7.05 Å². The first-order valence-electron chi connectivity index (χ1n) is 7.27. The second-order valence-electron chi connectivity index (χ2n) is 5.79. The molecule has 1 aliphatic rings. The normalized spacial score (nSPS) is 17.7. The van der Waals surface area contributed by atoms with E-state index in [9.17, 15) is 0 Å². The summed E-state index contributed by atoms with van der Waals surface area (Å²) in [6.07, 6.45) is 2.54. The van der Waals surface area contributed by atoms with Gasteiger partial charge in [-0.3, -0.25) is 0 Å². The van der Waals surface area contributed by atoms with Crippen LogP contribution in [0.1, 0.15) is 24.0 Å². The molecule has 19 heavy (non-hydrogen) atoms. The van der Waals surface area contributed by atoms with Crippen LogP contribution >= 0.6 is 0 Å². The highest BCUT2D eigenvalue weighted by molar-refractivity contribution is 5.51. The maximum absolute atomic E-state index is 3.22.